The maximum atomic E-state index is 13.3. The van der Waals surface area contributed by atoms with E-state index in [-0.39, 0.29) is 24.4 Å². The highest BCUT2D eigenvalue weighted by Gasteiger charge is 2.35. The molecule has 1 saturated carbocycles. The highest BCUT2D eigenvalue weighted by atomic mass is 16.5. The minimum Gasteiger partial charge on any atom is -0.493 e. The van der Waals surface area contributed by atoms with Gasteiger partial charge >= 0.3 is 0 Å². The van der Waals surface area contributed by atoms with Crippen molar-refractivity contribution in [3.8, 4) is 22.8 Å². The molecular weight excluding hydrogens is 494 g/mol. The zero-order valence-electron chi connectivity index (χ0n) is 22.6. The third-order valence-corrected chi connectivity index (χ3v) is 7.31. The van der Waals surface area contributed by atoms with Gasteiger partial charge in [0.1, 0.15) is 6.54 Å². The number of aromatic nitrogens is 2. The Kier molecular flexibility index (Phi) is 8.24. The standard InChI is InChI=1S/C30H35N5O4/c1-38-26-13-9-23(20-27(26)39-2)25-12-14-28(32-31-25)33-15-6-16-34(18-17-33)30(37)21-35(24-10-11-24)29(36)19-22-7-4-3-5-8-22/h3-5,7-9,12-14,20,24H,6,10-11,15-19,21H2,1-2H3. The van der Waals surface area contributed by atoms with Crippen LogP contribution in [0.25, 0.3) is 11.3 Å². The van der Waals surface area contributed by atoms with Crippen LogP contribution in [0.4, 0.5) is 5.82 Å². The van der Waals surface area contributed by atoms with Gasteiger partial charge in [0.2, 0.25) is 11.8 Å². The summed E-state index contributed by atoms with van der Waals surface area (Å²) >= 11 is 0. The zero-order valence-corrected chi connectivity index (χ0v) is 22.6. The summed E-state index contributed by atoms with van der Waals surface area (Å²) in [6, 6.07) is 19.5. The summed E-state index contributed by atoms with van der Waals surface area (Å²) in [5.74, 6) is 2.13. The van der Waals surface area contributed by atoms with Crippen molar-refractivity contribution in [2.24, 2.45) is 0 Å². The number of nitrogens with zero attached hydrogens (tertiary/aromatic N) is 5. The van der Waals surface area contributed by atoms with Gasteiger partial charge in [0.15, 0.2) is 17.3 Å². The van der Waals surface area contributed by atoms with Gasteiger partial charge in [-0.1, -0.05) is 30.3 Å². The van der Waals surface area contributed by atoms with Gasteiger partial charge in [-0.3, -0.25) is 9.59 Å². The van der Waals surface area contributed by atoms with Crippen LogP contribution in [0.15, 0.2) is 60.7 Å². The molecule has 2 aromatic carbocycles. The summed E-state index contributed by atoms with van der Waals surface area (Å²) in [7, 11) is 3.21. The average molecular weight is 530 g/mol. The first-order chi connectivity index (χ1) is 19.1. The first-order valence-electron chi connectivity index (χ1n) is 13.5. The van der Waals surface area contributed by atoms with Crippen molar-refractivity contribution in [2.75, 3.05) is 51.8 Å². The first-order valence-corrected chi connectivity index (χ1v) is 13.5. The third kappa shape index (κ3) is 6.47. The third-order valence-electron chi connectivity index (χ3n) is 7.31. The summed E-state index contributed by atoms with van der Waals surface area (Å²) in [5, 5.41) is 8.93. The number of ether oxygens (including phenoxy) is 2. The lowest BCUT2D eigenvalue weighted by molar-refractivity contribution is -0.140. The van der Waals surface area contributed by atoms with Gasteiger partial charge < -0.3 is 24.2 Å². The predicted octanol–water partition coefficient (Wildman–Crippen LogP) is 3.43. The Morgan fingerprint density at radius 3 is 2.38 bits per heavy atom. The van der Waals surface area contributed by atoms with E-state index >= 15 is 0 Å². The molecule has 0 unspecified atom stereocenters. The molecule has 204 valence electrons. The van der Waals surface area contributed by atoms with Crippen LogP contribution in [0.5, 0.6) is 11.5 Å². The van der Waals surface area contributed by atoms with Crippen molar-refractivity contribution in [3.63, 3.8) is 0 Å². The molecule has 0 spiro atoms. The molecular formula is C30H35N5O4. The van der Waals surface area contributed by atoms with Crippen molar-refractivity contribution >= 4 is 17.6 Å². The number of methoxy groups -OCH3 is 2. The molecule has 1 aliphatic carbocycles. The maximum Gasteiger partial charge on any atom is 0.242 e. The Bertz CT molecular complexity index is 1280. The quantitative estimate of drug-likeness (QED) is 0.420. The summed E-state index contributed by atoms with van der Waals surface area (Å²) < 4.78 is 10.7. The molecule has 0 bridgehead atoms. The van der Waals surface area contributed by atoms with Crippen LogP contribution in [0.3, 0.4) is 0 Å². The fourth-order valence-electron chi connectivity index (χ4n) is 4.96. The van der Waals surface area contributed by atoms with Crippen molar-refractivity contribution in [3.05, 3.63) is 66.2 Å². The Hall–Kier alpha value is -4.14. The van der Waals surface area contributed by atoms with E-state index < -0.39 is 0 Å². The van der Waals surface area contributed by atoms with E-state index in [4.69, 9.17) is 9.47 Å². The molecule has 1 saturated heterocycles. The molecule has 39 heavy (non-hydrogen) atoms. The normalized spacial score (nSPS) is 15.4. The highest BCUT2D eigenvalue weighted by Crippen LogP contribution is 2.32. The Morgan fingerprint density at radius 2 is 1.69 bits per heavy atom. The predicted molar refractivity (Wildman–Crippen MR) is 149 cm³/mol. The fourth-order valence-corrected chi connectivity index (χ4v) is 4.96. The fraction of sp³-hybridized carbons (Fsp3) is 0.400. The number of hydrogen-bond donors (Lipinski definition) is 0. The molecule has 3 aromatic rings. The number of hydrogen-bond acceptors (Lipinski definition) is 7. The van der Waals surface area contributed by atoms with Crippen molar-refractivity contribution in [2.45, 2.75) is 31.7 Å². The Morgan fingerprint density at radius 1 is 0.897 bits per heavy atom. The zero-order chi connectivity index (χ0) is 27.2. The lowest BCUT2D eigenvalue weighted by Gasteiger charge is -2.27. The van der Waals surface area contributed by atoms with Gasteiger partial charge in [0.25, 0.3) is 0 Å². The minimum atomic E-state index is 0.0139. The van der Waals surface area contributed by atoms with Crippen LogP contribution in [0, 0.1) is 0 Å². The molecule has 2 aliphatic rings. The second-order valence-corrected chi connectivity index (χ2v) is 9.98. The number of carbonyl (C=O) groups excluding carboxylic acids is 2. The molecule has 0 N–H and O–H groups in total. The van der Waals surface area contributed by atoms with Gasteiger partial charge in [-0.05, 0) is 55.2 Å². The molecule has 1 aromatic heterocycles. The van der Waals surface area contributed by atoms with E-state index in [0.717, 1.165) is 48.4 Å². The average Bonchev–Trinajstić information content (AvgIpc) is 3.83. The highest BCUT2D eigenvalue weighted by molar-refractivity contribution is 5.86. The Balaban J connectivity index is 1.18. The molecule has 2 heterocycles. The van der Waals surface area contributed by atoms with Crippen molar-refractivity contribution < 1.29 is 19.1 Å². The molecule has 0 radical (unpaired) electrons. The van der Waals surface area contributed by atoms with Crippen LogP contribution < -0.4 is 14.4 Å². The second kappa shape index (κ2) is 12.1. The maximum absolute atomic E-state index is 13.3. The van der Waals surface area contributed by atoms with E-state index in [1.165, 1.54) is 0 Å². The molecule has 9 heteroatoms. The summed E-state index contributed by atoms with van der Waals surface area (Å²) in [5.41, 5.74) is 2.61. The lowest BCUT2D eigenvalue weighted by Crippen LogP contribution is -2.45. The molecule has 2 fully saturated rings. The van der Waals surface area contributed by atoms with Crippen molar-refractivity contribution in [1.29, 1.82) is 0 Å². The van der Waals surface area contributed by atoms with E-state index in [9.17, 15) is 9.59 Å². The van der Waals surface area contributed by atoms with E-state index in [1.54, 1.807) is 19.1 Å². The van der Waals surface area contributed by atoms with Crippen LogP contribution in [0.2, 0.25) is 0 Å². The smallest absolute Gasteiger partial charge is 0.242 e. The van der Waals surface area contributed by atoms with Gasteiger partial charge in [-0.25, -0.2) is 0 Å². The topological polar surface area (TPSA) is 88.1 Å². The van der Waals surface area contributed by atoms with E-state index in [0.29, 0.717) is 37.6 Å². The molecule has 5 rings (SSSR count). The second-order valence-electron chi connectivity index (χ2n) is 9.98. The SMILES string of the molecule is COc1ccc(-c2ccc(N3CCCN(C(=O)CN(C(=O)Cc4ccccc4)C4CC4)CC3)nn2)cc1OC. The summed E-state index contributed by atoms with van der Waals surface area (Å²) in [6.45, 7) is 2.85. The van der Waals surface area contributed by atoms with Crippen LogP contribution in [0.1, 0.15) is 24.8 Å². The number of anilines is 1. The first kappa shape index (κ1) is 26.5. The molecule has 9 nitrogen and oxygen atoms in total. The number of benzene rings is 2. The number of carbonyl (C=O) groups is 2. The number of rotatable bonds is 9. The summed E-state index contributed by atoms with van der Waals surface area (Å²) in [6.07, 6.45) is 3.10. The van der Waals surface area contributed by atoms with E-state index in [1.807, 2.05) is 65.6 Å². The van der Waals surface area contributed by atoms with Crippen molar-refractivity contribution in [1.82, 2.24) is 20.0 Å². The van der Waals surface area contributed by atoms with Gasteiger partial charge in [0.05, 0.1) is 26.3 Å². The van der Waals surface area contributed by atoms with Gasteiger partial charge in [-0.2, -0.15) is 0 Å². The number of amides is 2. The van der Waals surface area contributed by atoms with E-state index in [2.05, 4.69) is 15.1 Å². The molecule has 2 amide bonds. The van der Waals surface area contributed by atoms with Crippen LogP contribution >= 0.6 is 0 Å². The van der Waals surface area contributed by atoms with Gasteiger partial charge in [0, 0.05) is 37.8 Å². The minimum absolute atomic E-state index is 0.0139. The summed E-state index contributed by atoms with van der Waals surface area (Å²) in [4.78, 5) is 32.1. The molecule has 0 atom stereocenters. The lowest BCUT2D eigenvalue weighted by atomic mass is 10.1. The largest absolute Gasteiger partial charge is 0.493 e. The molecule has 1 aliphatic heterocycles. The van der Waals surface area contributed by atoms with Crippen LogP contribution in [-0.2, 0) is 16.0 Å². The Labute approximate surface area is 229 Å². The van der Waals surface area contributed by atoms with Crippen LogP contribution in [-0.4, -0.2) is 84.8 Å². The van der Waals surface area contributed by atoms with Gasteiger partial charge in [-0.15, -0.1) is 10.2 Å². The monoisotopic (exact) mass is 529 g/mol.